The zero-order chi connectivity index (χ0) is 10.8. The summed E-state index contributed by atoms with van der Waals surface area (Å²) in [5.74, 6) is 0.959. The molecule has 1 aromatic rings. The van der Waals surface area contributed by atoms with Crippen LogP contribution >= 0.6 is 15.9 Å². The molecule has 3 heteroatoms. The molecule has 1 unspecified atom stereocenters. The minimum absolute atomic E-state index is 0.480. The first-order valence-electron chi connectivity index (χ1n) is 5.30. The summed E-state index contributed by atoms with van der Waals surface area (Å²) in [5, 5.41) is 3.50. The van der Waals surface area contributed by atoms with Crippen molar-refractivity contribution in [2.45, 2.75) is 25.8 Å². The molecule has 2 rings (SSSR count). The largest absolute Gasteiger partial charge is 0.495 e. The number of ether oxygens (including phenoxy) is 1. The Bertz CT molecular complexity index is 359. The summed E-state index contributed by atoms with van der Waals surface area (Å²) in [6.07, 6.45) is 2.47. The molecule has 0 aliphatic carbocycles. The second-order valence-corrected chi connectivity index (χ2v) is 4.76. The monoisotopic (exact) mass is 269 g/mol. The van der Waals surface area contributed by atoms with E-state index in [0.29, 0.717) is 6.04 Å². The Morgan fingerprint density at radius 3 is 2.87 bits per heavy atom. The molecule has 1 saturated heterocycles. The molecule has 1 aliphatic rings. The summed E-state index contributed by atoms with van der Waals surface area (Å²) in [5.41, 5.74) is 2.49. The van der Waals surface area contributed by atoms with Gasteiger partial charge in [-0.1, -0.05) is 12.1 Å². The number of hydrogen-bond acceptors (Lipinski definition) is 2. The third-order valence-corrected chi connectivity index (χ3v) is 3.78. The van der Waals surface area contributed by atoms with E-state index in [0.717, 1.165) is 16.8 Å². The molecule has 0 radical (unpaired) electrons. The lowest BCUT2D eigenvalue weighted by Gasteiger charge is -2.16. The summed E-state index contributed by atoms with van der Waals surface area (Å²) in [7, 11) is 1.72. The van der Waals surface area contributed by atoms with Crippen molar-refractivity contribution >= 4 is 15.9 Å². The number of rotatable bonds is 2. The van der Waals surface area contributed by atoms with Crippen LogP contribution in [0.3, 0.4) is 0 Å². The van der Waals surface area contributed by atoms with Gasteiger partial charge in [-0.3, -0.25) is 0 Å². The number of methoxy groups -OCH3 is 1. The summed E-state index contributed by atoms with van der Waals surface area (Å²) in [6, 6.07) is 4.79. The predicted octanol–water partition coefficient (Wildman–Crippen LogP) is 3.19. The van der Waals surface area contributed by atoms with Gasteiger partial charge in [-0.25, -0.2) is 0 Å². The number of aryl methyl sites for hydroxylation is 1. The second-order valence-electron chi connectivity index (χ2n) is 3.97. The van der Waals surface area contributed by atoms with Crippen LogP contribution in [0.15, 0.2) is 16.6 Å². The van der Waals surface area contributed by atoms with Crippen LogP contribution in [-0.2, 0) is 0 Å². The Labute approximate surface area is 99.1 Å². The second kappa shape index (κ2) is 4.54. The van der Waals surface area contributed by atoms with E-state index in [1.807, 2.05) is 0 Å². The number of hydrogen-bond donors (Lipinski definition) is 1. The van der Waals surface area contributed by atoms with Gasteiger partial charge >= 0.3 is 0 Å². The molecule has 1 fully saturated rings. The van der Waals surface area contributed by atoms with Crippen molar-refractivity contribution in [1.29, 1.82) is 0 Å². The molecule has 1 N–H and O–H groups in total. The lowest BCUT2D eigenvalue weighted by molar-refractivity contribution is 0.407. The van der Waals surface area contributed by atoms with Crippen LogP contribution in [0.25, 0.3) is 0 Å². The SMILES string of the molecule is COc1c(C)ccc(C2CCCN2)c1Br. The highest BCUT2D eigenvalue weighted by molar-refractivity contribution is 9.10. The maximum Gasteiger partial charge on any atom is 0.136 e. The standard InChI is InChI=1S/C12H16BrNO/c1-8-5-6-9(10-4-3-7-14-10)11(13)12(8)15-2/h5-6,10,14H,3-4,7H2,1-2H3. The van der Waals surface area contributed by atoms with Gasteiger partial charge in [0.1, 0.15) is 5.75 Å². The molecule has 15 heavy (non-hydrogen) atoms. The third-order valence-electron chi connectivity index (χ3n) is 2.96. The maximum absolute atomic E-state index is 5.40. The van der Waals surface area contributed by atoms with E-state index in [2.05, 4.69) is 40.3 Å². The van der Waals surface area contributed by atoms with Crippen molar-refractivity contribution in [2.75, 3.05) is 13.7 Å². The first-order valence-corrected chi connectivity index (χ1v) is 6.09. The van der Waals surface area contributed by atoms with Crippen molar-refractivity contribution in [3.05, 3.63) is 27.7 Å². The van der Waals surface area contributed by atoms with Gasteiger partial charge in [-0.2, -0.15) is 0 Å². The van der Waals surface area contributed by atoms with Crippen molar-refractivity contribution in [2.24, 2.45) is 0 Å². The lowest BCUT2D eigenvalue weighted by atomic mass is 10.0. The van der Waals surface area contributed by atoms with Gasteiger partial charge in [-0.15, -0.1) is 0 Å². The lowest BCUT2D eigenvalue weighted by Crippen LogP contribution is -2.13. The highest BCUT2D eigenvalue weighted by Crippen LogP contribution is 2.37. The number of benzene rings is 1. The maximum atomic E-state index is 5.40. The van der Waals surface area contributed by atoms with Gasteiger partial charge in [-0.05, 0) is 53.4 Å². The quantitative estimate of drug-likeness (QED) is 0.891. The van der Waals surface area contributed by atoms with Gasteiger partial charge in [0.05, 0.1) is 11.6 Å². The van der Waals surface area contributed by atoms with Crippen molar-refractivity contribution in [3.63, 3.8) is 0 Å². The summed E-state index contributed by atoms with van der Waals surface area (Å²) < 4.78 is 6.50. The van der Waals surface area contributed by atoms with Crippen LogP contribution in [-0.4, -0.2) is 13.7 Å². The van der Waals surface area contributed by atoms with Crippen LogP contribution in [0.2, 0.25) is 0 Å². The van der Waals surface area contributed by atoms with E-state index < -0.39 is 0 Å². The zero-order valence-electron chi connectivity index (χ0n) is 9.14. The number of halogens is 1. The Balaban J connectivity index is 2.39. The molecule has 2 nitrogen and oxygen atoms in total. The fourth-order valence-electron chi connectivity index (χ4n) is 2.14. The van der Waals surface area contributed by atoms with Crippen LogP contribution in [0.5, 0.6) is 5.75 Å². The fourth-order valence-corrected chi connectivity index (χ4v) is 3.02. The molecule has 1 heterocycles. The Morgan fingerprint density at radius 1 is 1.47 bits per heavy atom. The molecule has 0 aromatic heterocycles. The first kappa shape index (κ1) is 11.0. The minimum Gasteiger partial charge on any atom is -0.495 e. The summed E-state index contributed by atoms with van der Waals surface area (Å²) in [6.45, 7) is 3.18. The van der Waals surface area contributed by atoms with Crippen LogP contribution in [0.4, 0.5) is 0 Å². The van der Waals surface area contributed by atoms with Crippen LogP contribution in [0.1, 0.15) is 30.0 Å². The van der Waals surface area contributed by atoms with E-state index >= 15 is 0 Å². The van der Waals surface area contributed by atoms with Crippen LogP contribution in [0, 0.1) is 6.92 Å². The van der Waals surface area contributed by atoms with Crippen molar-refractivity contribution in [3.8, 4) is 5.75 Å². The van der Waals surface area contributed by atoms with E-state index in [1.165, 1.54) is 24.0 Å². The predicted molar refractivity (Wildman–Crippen MR) is 65.4 cm³/mol. The average Bonchev–Trinajstić information content (AvgIpc) is 2.71. The zero-order valence-corrected chi connectivity index (χ0v) is 10.7. The topological polar surface area (TPSA) is 21.3 Å². The van der Waals surface area contributed by atoms with Gasteiger partial charge in [0.25, 0.3) is 0 Å². The average molecular weight is 270 g/mol. The molecule has 0 saturated carbocycles. The minimum atomic E-state index is 0.480. The molecule has 1 aliphatic heterocycles. The highest BCUT2D eigenvalue weighted by atomic mass is 79.9. The smallest absolute Gasteiger partial charge is 0.136 e. The van der Waals surface area contributed by atoms with E-state index in [1.54, 1.807) is 7.11 Å². The van der Waals surface area contributed by atoms with Gasteiger partial charge in [0.15, 0.2) is 0 Å². The van der Waals surface area contributed by atoms with Gasteiger partial charge in [0, 0.05) is 6.04 Å². The van der Waals surface area contributed by atoms with Crippen LogP contribution < -0.4 is 10.1 Å². The van der Waals surface area contributed by atoms with Gasteiger partial charge in [0.2, 0.25) is 0 Å². The molecule has 82 valence electrons. The van der Waals surface area contributed by atoms with E-state index in [9.17, 15) is 0 Å². The molecular formula is C12H16BrNO. The molecule has 0 amide bonds. The Hall–Kier alpha value is -0.540. The van der Waals surface area contributed by atoms with E-state index in [-0.39, 0.29) is 0 Å². The summed E-state index contributed by atoms with van der Waals surface area (Å²) >= 11 is 3.64. The Kier molecular flexibility index (Phi) is 3.32. The molecule has 1 aromatic carbocycles. The third kappa shape index (κ3) is 2.04. The molecule has 1 atom stereocenters. The van der Waals surface area contributed by atoms with Crippen molar-refractivity contribution < 1.29 is 4.74 Å². The highest BCUT2D eigenvalue weighted by Gasteiger charge is 2.20. The molecule has 0 spiro atoms. The normalized spacial score (nSPS) is 20.6. The molecular weight excluding hydrogens is 254 g/mol. The summed E-state index contributed by atoms with van der Waals surface area (Å²) in [4.78, 5) is 0. The van der Waals surface area contributed by atoms with Gasteiger partial charge < -0.3 is 10.1 Å². The molecule has 0 bridgehead atoms. The fraction of sp³-hybridized carbons (Fsp3) is 0.500. The van der Waals surface area contributed by atoms with E-state index in [4.69, 9.17) is 4.74 Å². The first-order chi connectivity index (χ1) is 7.24. The van der Waals surface area contributed by atoms with Crippen molar-refractivity contribution in [1.82, 2.24) is 5.32 Å². The Morgan fingerprint density at radius 2 is 2.27 bits per heavy atom. The number of nitrogens with one attached hydrogen (secondary N) is 1.